The average Bonchev–Trinajstić information content (AvgIpc) is 4.01. The van der Waals surface area contributed by atoms with Crippen molar-refractivity contribution < 1.29 is 0 Å². The van der Waals surface area contributed by atoms with E-state index in [-0.39, 0.29) is 5.41 Å². The number of para-hydroxylation sites is 2. The van der Waals surface area contributed by atoms with Gasteiger partial charge in [-0.1, -0.05) is 141 Å². The van der Waals surface area contributed by atoms with E-state index in [0.717, 1.165) is 5.69 Å². The van der Waals surface area contributed by atoms with Gasteiger partial charge in [0.25, 0.3) is 0 Å². The van der Waals surface area contributed by atoms with Crippen molar-refractivity contribution in [2.24, 2.45) is 0 Å². The molecule has 0 bridgehead atoms. The fourth-order valence-electron chi connectivity index (χ4n) is 10.5. The molecule has 3 heteroatoms. The topological polar surface area (TPSA) is 9.86 Å². The molecule has 0 amide bonds. The van der Waals surface area contributed by atoms with Crippen LogP contribution in [-0.4, -0.2) is 9.13 Å². The fraction of sp³-hybridized carbons (Fsp3) is 0.0526. The molecular formula is C57H38N2S. The molecule has 3 aromatic heterocycles. The zero-order chi connectivity index (χ0) is 39.7. The predicted molar refractivity (Wildman–Crippen MR) is 256 cm³/mol. The van der Waals surface area contributed by atoms with Gasteiger partial charge in [0.15, 0.2) is 0 Å². The van der Waals surface area contributed by atoms with Gasteiger partial charge in [-0.2, -0.15) is 0 Å². The number of benzene rings is 9. The molecule has 0 radical (unpaired) electrons. The van der Waals surface area contributed by atoms with Crippen molar-refractivity contribution in [3.8, 4) is 44.8 Å². The van der Waals surface area contributed by atoms with Crippen LogP contribution in [0.4, 0.5) is 0 Å². The molecule has 282 valence electrons. The molecule has 0 spiro atoms. The second-order valence-corrected chi connectivity index (χ2v) is 18.0. The Balaban J connectivity index is 0.948. The van der Waals surface area contributed by atoms with E-state index in [1.807, 2.05) is 11.3 Å². The Kier molecular flexibility index (Phi) is 6.98. The fourth-order valence-corrected chi connectivity index (χ4v) is 11.7. The summed E-state index contributed by atoms with van der Waals surface area (Å²) >= 11 is 1.91. The third kappa shape index (κ3) is 4.70. The summed E-state index contributed by atoms with van der Waals surface area (Å²) < 4.78 is 7.62. The van der Waals surface area contributed by atoms with E-state index in [2.05, 4.69) is 217 Å². The first-order chi connectivity index (χ1) is 29.5. The molecule has 0 atom stereocenters. The zero-order valence-corrected chi connectivity index (χ0v) is 34.1. The lowest BCUT2D eigenvalue weighted by Crippen LogP contribution is -2.15. The van der Waals surface area contributed by atoms with Crippen LogP contribution in [0.1, 0.15) is 25.0 Å². The first-order valence-corrected chi connectivity index (χ1v) is 21.7. The van der Waals surface area contributed by atoms with E-state index in [1.165, 1.54) is 114 Å². The van der Waals surface area contributed by atoms with E-state index < -0.39 is 0 Å². The van der Waals surface area contributed by atoms with Gasteiger partial charge in [0.05, 0.1) is 22.1 Å². The lowest BCUT2D eigenvalue weighted by Gasteiger charge is -2.23. The number of hydrogen-bond donors (Lipinski definition) is 0. The Hall–Kier alpha value is -7.20. The van der Waals surface area contributed by atoms with Gasteiger partial charge in [-0.3, -0.25) is 0 Å². The van der Waals surface area contributed by atoms with Gasteiger partial charge >= 0.3 is 0 Å². The summed E-state index contributed by atoms with van der Waals surface area (Å²) in [4.78, 5) is 0. The van der Waals surface area contributed by atoms with Gasteiger partial charge in [-0.25, -0.2) is 0 Å². The molecule has 0 fully saturated rings. The number of thiophene rings is 1. The maximum atomic E-state index is 2.48. The molecule has 1 aliphatic carbocycles. The first-order valence-electron chi connectivity index (χ1n) is 20.8. The molecule has 9 aromatic carbocycles. The molecule has 0 saturated heterocycles. The number of nitrogens with zero attached hydrogens (tertiary/aromatic N) is 2. The summed E-state index contributed by atoms with van der Waals surface area (Å²) in [6, 6.07) is 72.1. The van der Waals surface area contributed by atoms with Crippen LogP contribution < -0.4 is 0 Å². The lowest BCUT2D eigenvalue weighted by atomic mass is 9.80. The number of fused-ring (bicyclic) bond motifs is 13. The SMILES string of the molecule is CC1(C)c2cc(-n3c4ccccc4c4cc(-c5ccc6c7ccccc7n(-c7ccc(-c8ccccc8)cc7)c6c5)ccc43)ccc2-c2ccc3sc4ccccc4c3c21. The summed E-state index contributed by atoms with van der Waals surface area (Å²) in [7, 11) is 0. The van der Waals surface area contributed by atoms with Crippen molar-refractivity contribution in [1.82, 2.24) is 9.13 Å². The molecule has 12 aromatic rings. The van der Waals surface area contributed by atoms with Crippen LogP contribution in [-0.2, 0) is 5.41 Å². The highest BCUT2D eigenvalue weighted by molar-refractivity contribution is 7.25. The maximum Gasteiger partial charge on any atom is 0.0547 e. The van der Waals surface area contributed by atoms with Gasteiger partial charge in [-0.05, 0) is 111 Å². The molecule has 0 aliphatic heterocycles. The van der Waals surface area contributed by atoms with Crippen molar-refractivity contribution >= 4 is 75.1 Å². The Morgan fingerprint density at radius 1 is 0.367 bits per heavy atom. The van der Waals surface area contributed by atoms with Crippen LogP contribution in [0.2, 0.25) is 0 Å². The number of aromatic nitrogens is 2. The highest BCUT2D eigenvalue weighted by Gasteiger charge is 2.38. The van der Waals surface area contributed by atoms with Crippen LogP contribution in [0.15, 0.2) is 194 Å². The average molecular weight is 783 g/mol. The van der Waals surface area contributed by atoms with Crippen LogP contribution in [0.5, 0.6) is 0 Å². The largest absolute Gasteiger partial charge is 0.309 e. The van der Waals surface area contributed by atoms with Crippen molar-refractivity contribution in [3.63, 3.8) is 0 Å². The standard InChI is InChI=1S/C57H38N2S/c1-57(2)48-34-40(26-28-41(48)45-29-31-54-55(56(45)57)46-16-8-11-19-53(46)60-54)59-50-18-10-7-15-43(50)47-32-37(23-30-51(47)59)38-22-27-44-42-14-6-9-17-49(42)58(52(44)33-38)39-24-20-36(21-25-39)35-12-4-3-5-13-35/h3-34H,1-2H3. The minimum atomic E-state index is -0.152. The Labute approximate surface area is 351 Å². The summed E-state index contributed by atoms with van der Waals surface area (Å²) in [6.07, 6.45) is 0. The molecule has 0 saturated carbocycles. The normalized spacial score (nSPS) is 13.3. The van der Waals surface area contributed by atoms with Crippen LogP contribution >= 0.6 is 11.3 Å². The molecule has 0 unspecified atom stereocenters. The van der Waals surface area contributed by atoms with Crippen LogP contribution in [0.25, 0.3) is 109 Å². The minimum absolute atomic E-state index is 0.152. The molecule has 0 N–H and O–H groups in total. The molecular weight excluding hydrogens is 745 g/mol. The Morgan fingerprint density at radius 3 is 1.73 bits per heavy atom. The Bertz CT molecular complexity index is 3730. The summed E-state index contributed by atoms with van der Waals surface area (Å²) in [6.45, 7) is 4.84. The van der Waals surface area contributed by atoms with Crippen LogP contribution in [0, 0.1) is 0 Å². The van der Waals surface area contributed by atoms with E-state index in [1.54, 1.807) is 0 Å². The molecule has 3 heterocycles. The second-order valence-electron chi connectivity index (χ2n) is 16.9. The van der Waals surface area contributed by atoms with Crippen molar-refractivity contribution in [1.29, 1.82) is 0 Å². The summed E-state index contributed by atoms with van der Waals surface area (Å²) in [5.41, 5.74) is 17.5. The van der Waals surface area contributed by atoms with E-state index in [9.17, 15) is 0 Å². The third-order valence-corrected chi connectivity index (χ3v) is 14.4. The third-order valence-electron chi connectivity index (χ3n) is 13.3. The van der Waals surface area contributed by atoms with Crippen molar-refractivity contribution in [2.75, 3.05) is 0 Å². The van der Waals surface area contributed by atoms with Gasteiger partial charge < -0.3 is 9.13 Å². The molecule has 1 aliphatic rings. The number of hydrogen-bond acceptors (Lipinski definition) is 1. The molecule has 13 rings (SSSR count). The predicted octanol–water partition coefficient (Wildman–Crippen LogP) is 15.9. The van der Waals surface area contributed by atoms with Gasteiger partial charge in [0.1, 0.15) is 0 Å². The van der Waals surface area contributed by atoms with E-state index in [4.69, 9.17) is 0 Å². The minimum Gasteiger partial charge on any atom is -0.309 e. The summed E-state index contributed by atoms with van der Waals surface area (Å²) in [5.74, 6) is 0. The monoisotopic (exact) mass is 782 g/mol. The summed E-state index contributed by atoms with van der Waals surface area (Å²) in [5, 5.41) is 7.82. The van der Waals surface area contributed by atoms with E-state index >= 15 is 0 Å². The quantitative estimate of drug-likeness (QED) is 0.168. The highest BCUT2D eigenvalue weighted by atomic mass is 32.1. The zero-order valence-electron chi connectivity index (χ0n) is 33.3. The highest BCUT2D eigenvalue weighted by Crippen LogP contribution is 2.54. The Morgan fingerprint density at radius 2 is 0.933 bits per heavy atom. The van der Waals surface area contributed by atoms with Crippen molar-refractivity contribution in [3.05, 3.63) is 205 Å². The van der Waals surface area contributed by atoms with Gasteiger partial charge in [0.2, 0.25) is 0 Å². The smallest absolute Gasteiger partial charge is 0.0547 e. The van der Waals surface area contributed by atoms with E-state index in [0.29, 0.717) is 0 Å². The number of rotatable bonds is 4. The lowest BCUT2D eigenvalue weighted by molar-refractivity contribution is 0.666. The second kappa shape index (κ2) is 12.4. The van der Waals surface area contributed by atoms with Crippen molar-refractivity contribution in [2.45, 2.75) is 19.3 Å². The van der Waals surface area contributed by atoms with Crippen LogP contribution in [0.3, 0.4) is 0 Å². The van der Waals surface area contributed by atoms with Gasteiger partial charge in [0, 0.05) is 58.5 Å². The van der Waals surface area contributed by atoms with Gasteiger partial charge in [-0.15, -0.1) is 11.3 Å². The maximum absolute atomic E-state index is 2.48. The molecule has 2 nitrogen and oxygen atoms in total. The molecule has 60 heavy (non-hydrogen) atoms. The first kappa shape index (κ1) is 33.7.